The minimum atomic E-state index is -1.45. The SMILES string of the molecule is O=C(O)C(O)c1cccc(CCCBr)c1CBr. The second-order valence-electron chi connectivity index (χ2n) is 3.65. The van der Waals surface area contributed by atoms with E-state index in [4.69, 9.17) is 5.11 Å². The quantitative estimate of drug-likeness (QED) is 0.762. The maximum atomic E-state index is 10.8. The molecule has 0 radical (unpaired) electrons. The number of aliphatic hydroxyl groups excluding tert-OH is 1. The highest BCUT2D eigenvalue weighted by molar-refractivity contribution is 9.09. The molecule has 0 aliphatic heterocycles. The van der Waals surface area contributed by atoms with E-state index < -0.39 is 12.1 Å². The Labute approximate surface area is 117 Å². The Hall–Kier alpha value is -0.390. The van der Waals surface area contributed by atoms with Crippen LogP contribution in [-0.4, -0.2) is 21.5 Å². The number of aliphatic carboxylic acids is 1. The molecule has 0 amide bonds. The summed E-state index contributed by atoms with van der Waals surface area (Å²) in [6.45, 7) is 0. The molecule has 3 nitrogen and oxygen atoms in total. The molecule has 2 N–H and O–H groups in total. The molecule has 1 unspecified atom stereocenters. The summed E-state index contributed by atoms with van der Waals surface area (Å²) in [5.74, 6) is -1.22. The Bertz CT molecular complexity index is 393. The molecule has 0 heterocycles. The number of hydrogen-bond donors (Lipinski definition) is 2. The van der Waals surface area contributed by atoms with Crippen LogP contribution in [0.1, 0.15) is 29.2 Å². The van der Waals surface area contributed by atoms with Crippen molar-refractivity contribution in [3.63, 3.8) is 0 Å². The number of benzene rings is 1. The van der Waals surface area contributed by atoms with Crippen molar-refractivity contribution in [2.75, 3.05) is 5.33 Å². The van der Waals surface area contributed by atoms with E-state index in [1.807, 2.05) is 6.07 Å². The summed E-state index contributed by atoms with van der Waals surface area (Å²) < 4.78 is 0. The van der Waals surface area contributed by atoms with E-state index >= 15 is 0 Å². The van der Waals surface area contributed by atoms with Gasteiger partial charge in [0, 0.05) is 10.7 Å². The number of halogens is 2. The normalized spacial score (nSPS) is 12.4. The molecule has 0 aliphatic carbocycles. The predicted octanol–water partition coefficient (Wildman–Crippen LogP) is 3.03. The van der Waals surface area contributed by atoms with E-state index in [9.17, 15) is 9.90 Å². The fourth-order valence-electron chi connectivity index (χ4n) is 1.70. The Kier molecular flexibility index (Phi) is 6.16. The zero-order valence-corrected chi connectivity index (χ0v) is 12.4. The highest BCUT2D eigenvalue weighted by Gasteiger charge is 2.20. The number of alkyl halides is 2. The largest absolute Gasteiger partial charge is 0.479 e. The van der Waals surface area contributed by atoms with Gasteiger partial charge in [0.2, 0.25) is 0 Å². The van der Waals surface area contributed by atoms with Gasteiger partial charge in [0.25, 0.3) is 0 Å². The van der Waals surface area contributed by atoms with Crippen LogP contribution in [-0.2, 0) is 16.5 Å². The van der Waals surface area contributed by atoms with Gasteiger partial charge < -0.3 is 10.2 Å². The molecule has 94 valence electrons. The Morgan fingerprint density at radius 1 is 1.35 bits per heavy atom. The van der Waals surface area contributed by atoms with E-state index in [2.05, 4.69) is 31.9 Å². The first kappa shape index (κ1) is 14.7. The van der Waals surface area contributed by atoms with Crippen LogP contribution < -0.4 is 0 Å². The van der Waals surface area contributed by atoms with Gasteiger partial charge in [0.15, 0.2) is 6.10 Å². The van der Waals surface area contributed by atoms with Crippen LogP contribution in [0.15, 0.2) is 18.2 Å². The number of hydrogen-bond acceptors (Lipinski definition) is 2. The summed E-state index contributed by atoms with van der Waals surface area (Å²) in [4.78, 5) is 10.8. The number of aliphatic hydroxyl groups is 1. The van der Waals surface area contributed by atoms with E-state index in [0.29, 0.717) is 10.9 Å². The maximum absolute atomic E-state index is 10.8. The fourth-order valence-corrected chi connectivity index (χ4v) is 2.66. The van der Waals surface area contributed by atoms with E-state index in [1.54, 1.807) is 12.1 Å². The second kappa shape index (κ2) is 7.13. The van der Waals surface area contributed by atoms with Gasteiger partial charge in [0.05, 0.1) is 0 Å². The van der Waals surface area contributed by atoms with Gasteiger partial charge >= 0.3 is 5.97 Å². The summed E-state index contributed by atoms with van der Waals surface area (Å²) in [6, 6.07) is 5.42. The van der Waals surface area contributed by atoms with Gasteiger partial charge in [-0.1, -0.05) is 50.1 Å². The summed E-state index contributed by atoms with van der Waals surface area (Å²) in [7, 11) is 0. The molecule has 1 aromatic rings. The van der Waals surface area contributed by atoms with Crippen LogP contribution in [0.5, 0.6) is 0 Å². The molecule has 0 spiro atoms. The lowest BCUT2D eigenvalue weighted by Gasteiger charge is -2.14. The summed E-state index contributed by atoms with van der Waals surface area (Å²) in [5.41, 5.74) is 2.43. The Morgan fingerprint density at radius 2 is 2.06 bits per heavy atom. The number of carbonyl (C=O) groups is 1. The molecule has 0 bridgehead atoms. The Morgan fingerprint density at radius 3 is 2.59 bits per heavy atom. The minimum absolute atomic E-state index is 0.474. The molecular formula is C12H14Br2O3. The Balaban J connectivity index is 3.09. The first-order chi connectivity index (χ1) is 8.11. The number of carboxylic acid groups (broad SMARTS) is 1. The topological polar surface area (TPSA) is 57.5 Å². The van der Waals surface area contributed by atoms with Crippen molar-refractivity contribution in [1.29, 1.82) is 0 Å². The molecule has 0 saturated heterocycles. The van der Waals surface area contributed by atoms with E-state index in [1.165, 1.54) is 0 Å². The first-order valence-electron chi connectivity index (χ1n) is 5.25. The second-order valence-corrected chi connectivity index (χ2v) is 5.01. The molecule has 0 aromatic heterocycles. The van der Waals surface area contributed by atoms with Gasteiger partial charge in [0.1, 0.15) is 0 Å². The van der Waals surface area contributed by atoms with Gasteiger partial charge in [-0.15, -0.1) is 0 Å². The van der Waals surface area contributed by atoms with E-state index in [0.717, 1.165) is 29.3 Å². The lowest BCUT2D eigenvalue weighted by atomic mass is 9.96. The van der Waals surface area contributed by atoms with Gasteiger partial charge in [-0.25, -0.2) is 4.79 Å². The first-order valence-corrected chi connectivity index (χ1v) is 7.49. The standard InChI is InChI=1S/C12H14Br2O3/c13-6-2-4-8-3-1-5-9(10(8)7-14)11(15)12(16)17/h1,3,5,11,15H,2,4,6-7H2,(H,16,17). The van der Waals surface area contributed by atoms with Crippen molar-refractivity contribution in [1.82, 2.24) is 0 Å². The summed E-state index contributed by atoms with van der Waals surface area (Å²) in [6.07, 6.45) is 0.394. The van der Waals surface area contributed by atoms with Crippen molar-refractivity contribution >= 4 is 37.8 Å². The van der Waals surface area contributed by atoms with Crippen LogP contribution >= 0.6 is 31.9 Å². The van der Waals surface area contributed by atoms with Crippen molar-refractivity contribution in [2.45, 2.75) is 24.3 Å². The third kappa shape index (κ3) is 3.79. The molecule has 5 heteroatoms. The van der Waals surface area contributed by atoms with Gasteiger partial charge in [-0.2, -0.15) is 0 Å². The monoisotopic (exact) mass is 364 g/mol. The minimum Gasteiger partial charge on any atom is -0.479 e. The van der Waals surface area contributed by atoms with Crippen molar-refractivity contribution in [3.8, 4) is 0 Å². The van der Waals surface area contributed by atoms with Gasteiger partial charge in [-0.3, -0.25) is 0 Å². The average molecular weight is 366 g/mol. The summed E-state index contributed by atoms with van der Waals surface area (Å²) in [5, 5.41) is 19.9. The summed E-state index contributed by atoms with van der Waals surface area (Å²) >= 11 is 6.72. The lowest BCUT2D eigenvalue weighted by Crippen LogP contribution is -2.13. The number of aryl methyl sites for hydroxylation is 1. The van der Waals surface area contributed by atoms with Crippen molar-refractivity contribution in [2.24, 2.45) is 0 Å². The van der Waals surface area contributed by atoms with E-state index in [-0.39, 0.29) is 0 Å². The highest BCUT2D eigenvalue weighted by Crippen LogP contribution is 2.25. The fraction of sp³-hybridized carbons (Fsp3) is 0.417. The van der Waals surface area contributed by atoms with Crippen LogP contribution in [0.2, 0.25) is 0 Å². The smallest absolute Gasteiger partial charge is 0.337 e. The third-order valence-corrected chi connectivity index (χ3v) is 3.67. The third-order valence-electron chi connectivity index (χ3n) is 2.55. The molecule has 1 rings (SSSR count). The zero-order chi connectivity index (χ0) is 12.8. The molecule has 0 aliphatic rings. The van der Waals surface area contributed by atoms with Crippen LogP contribution in [0.3, 0.4) is 0 Å². The van der Waals surface area contributed by atoms with Crippen LogP contribution in [0.25, 0.3) is 0 Å². The maximum Gasteiger partial charge on any atom is 0.337 e. The molecule has 1 atom stereocenters. The molecule has 0 saturated carbocycles. The van der Waals surface area contributed by atoms with Crippen molar-refractivity contribution < 1.29 is 15.0 Å². The number of rotatable bonds is 6. The average Bonchev–Trinajstić information content (AvgIpc) is 2.34. The van der Waals surface area contributed by atoms with Crippen molar-refractivity contribution in [3.05, 3.63) is 34.9 Å². The van der Waals surface area contributed by atoms with Gasteiger partial charge in [-0.05, 0) is 29.5 Å². The predicted molar refractivity (Wildman–Crippen MR) is 73.8 cm³/mol. The highest BCUT2D eigenvalue weighted by atomic mass is 79.9. The molecule has 0 fully saturated rings. The lowest BCUT2D eigenvalue weighted by molar-refractivity contribution is -0.147. The van der Waals surface area contributed by atoms with Crippen LogP contribution in [0, 0.1) is 0 Å². The molecular weight excluding hydrogens is 352 g/mol. The molecule has 17 heavy (non-hydrogen) atoms. The zero-order valence-electron chi connectivity index (χ0n) is 9.20. The van der Waals surface area contributed by atoms with Crippen LogP contribution in [0.4, 0.5) is 0 Å². The molecule has 1 aromatic carbocycles. The number of carboxylic acids is 1.